The van der Waals surface area contributed by atoms with Crippen LogP contribution in [0.25, 0.3) is 21.2 Å². The molecule has 0 bridgehead atoms. The molecule has 0 N–H and O–H groups in total. The minimum atomic E-state index is 0.393. The van der Waals surface area contributed by atoms with E-state index in [0.717, 1.165) is 20.8 Å². The first-order chi connectivity index (χ1) is 7.33. The summed E-state index contributed by atoms with van der Waals surface area (Å²) in [4.78, 5) is 2.77. The highest BCUT2D eigenvalue weighted by atomic mass is 79.9. The normalized spacial score (nSPS) is 9.93. The Labute approximate surface area is 95.5 Å². The van der Waals surface area contributed by atoms with E-state index in [1.54, 1.807) is 0 Å². The average molecular weight is 262 g/mol. The minimum Gasteiger partial charge on any atom is -0.0893 e. The van der Waals surface area contributed by atoms with Gasteiger partial charge in [-0.1, -0.05) is 51.4 Å². The number of azide groups is 1. The highest BCUT2D eigenvalue weighted by molar-refractivity contribution is 9.10. The Morgan fingerprint density at radius 3 is 2.60 bits per heavy atom. The summed E-state index contributed by atoms with van der Waals surface area (Å²) in [7, 11) is 0. The van der Waals surface area contributed by atoms with Gasteiger partial charge in [-0.25, -0.2) is 0 Å². The van der Waals surface area contributed by atoms with Crippen molar-refractivity contribution >= 4 is 26.7 Å². The molecule has 0 radical (unpaired) electrons. The second-order valence-corrected chi connectivity index (χ2v) is 4.00. The number of nitrogens with zero attached hydrogens (tertiary/aromatic N) is 3. The zero-order valence-electron chi connectivity index (χ0n) is 7.89. The number of benzene rings is 2. The van der Waals surface area contributed by atoms with Crippen molar-refractivity contribution in [2.45, 2.75) is 6.54 Å². The summed E-state index contributed by atoms with van der Waals surface area (Å²) in [6.07, 6.45) is 0. The molecule has 0 aliphatic rings. The van der Waals surface area contributed by atoms with Crippen LogP contribution in [-0.4, -0.2) is 0 Å². The lowest BCUT2D eigenvalue weighted by Gasteiger charge is -2.05. The van der Waals surface area contributed by atoms with Crippen LogP contribution in [0.2, 0.25) is 0 Å². The van der Waals surface area contributed by atoms with Gasteiger partial charge in [-0.3, -0.25) is 0 Å². The molecule has 2 aromatic rings. The number of halogens is 1. The van der Waals surface area contributed by atoms with E-state index < -0.39 is 0 Å². The summed E-state index contributed by atoms with van der Waals surface area (Å²) in [5.41, 5.74) is 9.35. The quantitative estimate of drug-likeness (QED) is 0.437. The molecule has 3 nitrogen and oxygen atoms in total. The van der Waals surface area contributed by atoms with Crippen LogP contribution in [0.15, 0.2) is 46.0 Å². The van der Waals surface area contributed by atoms with Crippen molar-refractivity contribution in [1.29, 1.82) is 0 Å². The van der Waals surface area contributed by atoms with Crippen molar-refractivity contribution in [3.05, 3.63) is 56.9 Å². The first-order valence-electron chi connectivity index (χ1n) is 4.50. The topological polar surface area (TPSA) is 48.8 Å². The standard InChI is InChI=1S/C11H8BrN3/c12-11-6-5-8(7-14-15-13)9-3-1-2-4-10(9)11/h1-6H,7H2. The zero-order valence-corrected chi connectivity index (χ0v) is 9.48. The SMILES string of the molecule is [N-]=[N+]=NCc1ccc(Br)c2ccccc12. The molecule has 0 aliphatic carbocycles. The maximum absolute atomic E-state index is 8.30. The van der Waals surface area contributed by atoms with Crippen LogP contribution < -0.4 is 0 Å². The van der Waals surface area contributed by atoms with Crippen LogP contribution in [0.4, 0.5) is 0 Å². The highest BCUT2D eigenvalue weighted by Crippen LogP contribution is 2.27. The van der Waals surface area contributed by atoms with Crippen molar-refractivity contribution in [2.75, 3.05) is 0 Å². The number of hydrogen-bond acceptors (Lipinski definition) is 1. The molecule has 0 amide bonds. The molecule has 0 atom stereocenters. The van der Waals surface area contributed by atoms with Gasteiger partial charge in [0.05, 0.1) is 6.54 Å². The van der Waals surface area contributed by atoms with Gasteiger partial charge in [-0.2, -0.15) is 0 Å². The smallest absolute Gasteiger partial charge is 0.0517 e. The molecule has 0 heterocycles. The zero-order chi connectivity index (χ0) is 10.7. The van der Waals surface area contributed by atoms with Crippen LogP contribution in [0.3, 0.4) is 0 Å². The molecule has 0 saturated heterocycles. The van der Waals surface area contributed by atoms with Crippen LogP contribution in [0.5, 0.6) is 0 Å². The molecule has 15 heavy (non-hydrogen) atoms. The van der Waals surface area contributed by atoms with Crippen molar-refractivity contribution in [3.8, 4) is 0 Å². The fourth-order valence-corrected chi connectivity index (χ4v) is 2.05. The van der Waals surface area contributed by atoms with E-state index in [-0.39, 0.29) is 0 Å². The van der Waals surface area contributed by atoms with Gasteiger partial charge in [0.15, 0.2) is 0 Å². The lowest BCUT2D eigenvalue weighted by Crippen LogP contribution is -1.84. The maximum Gasteiger partial charge on any atom is 0.0517 e. The summed E-state index contributed by atoms with van der Waals surface area (Å²) in [5.74, 6) is 0. The highest BCUT2D eigenvalue weighted by Gasteiger charge is 2.02. The van der Waals surface area contributed by atoms with E-state index in [1.165, 1.54) is 0 Å². The number of rotatable bonds is 2. The molecule has 0 fully saturated rings. The predicted octanol–water partition coefficient (Wildman–Crippen LogP) is 4.41. The predicted molar refractivity (Wildman–Crippen MR) is 64.5 cm³/mol. The van der Waals surface area contributed by atoms with E-state index in [9.17, 15) is 0 Å². The minimum absolute atomic E-state index is 0.393. The lowest BCUT2D eigenvalue weighted by molar-refractivity contribution is 1.06. The number of fused-ring (bicyclic) bond motifs is 1. The molecule has 2 rings (SSSR count). The maximum atomic E-state index is 8.30. The molecule has 0 aliphatic heterocycles. The van der Waals surface area contributed by atoms with Gasteiger partial charge in [0.2, 0.25) is 0 Å². The summed E-state index contributed by atoms with van der Waals surface area (Å²) in [6.45, 7) is 0.393. The monoisotopic (exact) mass is 261 g/mol. The summed E-state index contributed by atoms with van der Waals surface area (Å²) < 4.78 is 1.06. The summed E-state index contributed by atoms with van der Waals surface area (Å²) in [6, 6.07) is 12.0. The van der Waals surface area contributed by atoms with E-state index >= 15 is 0 Å². The van der Waals surface area contributed by atoms with Crippen LogP contribution >= 0.6 is 15.9 Å². The Bertz CT molecular complexity index is 545. The third-order valence-electron chi connectivity index (χ3n) is 2.27. The fraction of sp³-hybridized carbons (Fsp3) is 0.0909. The van der Waals surface area contributed by atoms with Crippen molar-refractivity contribution in [2.24, 2.45) is 5.11 Å². The number of hydrogen-bond donors (Lipinski definition) is 0. The second-order valence-electron chi connectivity index (χ2n) is 3.14. The Balaban J connectivity index is 2.65. The lowest BCUT2D eigenvalue weighted by atomic mass is 10.1. The third-order valence-corrected chi connectivity index (χ3v) is 2.96. The van der Waals surface area contributed by atoms with Gasteiger partial charge in [0.1, 0.15) is 0 Å². The fourth-order valence-electron chi connectivity index (χ4n) is 1.57. The molecule has 74 valence electrons. The van der Waals surface area contributed by atoms with Gasteiger partial charge in [0.25, 0.3) is 0 Å². The van der Waals surface area contributed by atoms with Crippen molar-refractivity contribution in [3.63, 3.8) is 0 Å². The van der Waals surface area contributed by atoms with E-state index in [0.29, 0.717) is 6.54 Å². The first kappa shape index (κ1) is 10.0. The van der Waals surface area contributed by atoms with Gasteiger partial charge in [-0.05, 0) is 27.9 Å². The van der Waals surface area contributed by atoms with Crippen LogP contribution in [0, 0.1) is 0 Å². The van der Waals surface area contributed by atoms with Crippen molar-refractivity contribution < 1.29 is 0 Å². The molecule has 0 saturated carbocycles. The van der Waals surface area contributed by atoms with Gasteiger partial charge in [0, 0.05) is 9.38 Å². The summed E-state index contributed by atoms with van der Waals surface area (Å²) in [5, 5.41) is 5.85. The molecular weight excluding hydrogens is 254 g/mol. The Morgan fingerprint density at radius 2 is 1.87 bits per heavy atom. The van der Waals surface area contributed by atoms with E-state index in [1.807, 2.05) is 36.4 Å². The van der Waals surface area contributed by atoms with Gasteiger partial charge in [-0.15, -0.1) is 0 Å². The van der Waals surface area contributed by atoms with Gasteiger partial charge >= 0.3 is 0 Å². The molecule has 0 spiro atoms. The molecular formula is C11H8BrN3. The largest absolute Gasteiger partial charge is 0.0893 e. The molecule has 0 aromatic heterocycles. The van der Waals surface area contributed by atoms with Crippen LogP contribution in [-0.2, 0) is 6.54 Å². The molecule has 0 unspecified atom stereocenters. The van der Waals surface area contributed by atoms with Crippen LogP contribution in [0.1, 0.15) is 5.56 Å². The third kappa shape index (κ3) is 1.96. The first-order valence-corrected chi connectivity index (χ1v) is 5.29. The molecule has 2 aromatic carbocycles. The average Bonchev–Trinajstić information content (AvgIpc) is 2.29. The van der Waals surface area contributed by atoms with E-state index in [2.05, 4.69) is 26.0 Å². The van der Waals surface area contributed by atoms with Crippen molar-refractivity contribution in [1.82, 2.24) is 0 Å². The van der Waals surface area contributed by atoms with E-state index in [4.69, 9.17) is 5.53 Å². The second kappa shape index (κ2) is 4.34. The Kier molecular flexibility index (Phi) is 2.90. The summed E-state index contributed by atoms with van der Waals surface area (Å²) >= 11 is 3.50. The molecule has 4 heteroatoms. The Morgan fingerprint density at radius 1 is 1.13 bits per heavy atom. The Hall–Kier alpha value is -1.51. The van der Waals surface area contributed by atoms with Gasteiger partial charge < -0.3 is 0 Å².